The summed E-state index contributed by atoms with van der Waals surface area (Å²) in [5, 5.41) is 6.08. The van der Waals surface area contributed by atoms with E-state index in [0.717, 1.165) is 18.9 Å². The highest BCUT2D eigenvalue weighted by Gasteiger charge is 2.19. The Labute approximate surface area is 134 Å². The fourth-order valence-corrected chi connectivity index (χ4v) is 3.57. The Morgan fingerprint density at radius 1 is 1.38 bits per heavy atom. The molecule has 1 aliphatic heterocycles. The van der Waals surface area contributed by atoms with E-state index in [9.17, 15) is 0 Å². The Morgan fingerprint density at radius 3 is 2.95 bits per heavy atom. The second kappa shape index (κ2) is 7.20. The van der Waals surface area contributed by atoms with E-state index < -0.39 is 0 Å². The smallest absolute Gasteiger partial charge is 0.148 e. The van der Waals surface area contributed by atoms with E-state index in [4.69, 9.17) is 11.6 Å². The first-order chi connectivity index (χ1) is 10.3. The second-order valence-electron chi connectivity index (χ2n) is 5.40. The third-order valence-electron chi connectivity index (χ3n) is 3.89. The van der Waals surface area contributed by atoms with Gasteiger partial charge in [-0.3, -0.25) is 4.90 Å². The molecule has 1 N–H and O–H groups in total. The molecule has 4 nitrogen and oxygen atoms in total. The Bertz CT molecular complexity index is 553. The van der Waals surface area contributed by atoms with E-state index in [1.807, 2.05) is 11.3 Å². The maximum absolute atomic E-state index is 6.05. The number of nitrogens with zero attached hydrogens (tertiary/aromatic N) is 3. The molecule has 0 spiro atoms. The third-order valence-corrected chi connectivity index (χ3v) is 5.03. The lowest BCUT2D eigenvalue weighted by Crippen LogP contribution is -2.35. The Kier molecular flexibility index (Phi) is 5.06. The predicted octanol–water partition coefficient (Wildman–Crippen LogP) is 3.52. The van der Waals surface area contributed by atoms with Crippen LogP contribution in [-0.4, -0.2) is 34.5 Å². The van der Waals surface area contributed by atoms with Crippen molar-refractivity contribution in [2.45, 2.75) is 19.4 Å². The summed E-state index contributed by atoms with van der Waals surface area (Å²) in [4.78, 5) is 12.1. The van der Waals surface area contributed by atoms with Gasteiger partial charge < -0.3 is 5.32 Å². The first-order valence-electron chi connectivity index (χ1n) is 7.25. The van der Waals surface area contributed by atoms with Crippen molar-refractivity contribution in [1.82, 2.24) is 14.9 Å². The van der Waals surface area contributed by atoms with Gasteiger partial charge in [0.15, 0.2) is 0 Å². The van der Waals surface area contributed by atoms with Gasteiger partial charge in [0.2, 0.25) is 0 Å². The van der Waals surface area contributed by atoms with Crippen LogP contribution in [-0.2, 0) is 6.54 Å². The molecule has 0 aromatic carbocycles. The van der Waals surface area contributed by atoms with Gasteiger partial charge in [-0.05, 0) is 43.3 Å². The number of nitrogens with one attached hydrogen (secondary N) is 1. The summed E-state index contributed by atoms with van der Waals surface area (Å²) >= 11 is 7.89. The van der Waals surface area contributed by atoms with Crippen LogP contribution < -0.4 is 5.32 Å². The largest absolute Gasteiger partial charge is 0.368 e. The standard InChI is InChI=1S/C15H19ClN4S/c16-14-9-17-11-19-15(14)18-8-12-3-5-20(6-4-12)10-13-2-1-7-21-13/h1-2,7,9,11-12H,3-6,8,10H2,(H,17,18,19). The number of rotatable bonds is 5. The molecular weight excluding hydrogens is 304 g/mol. The summed E-state index contributed by atoms with van der Waals surface area (Å²) in [6.07, 6.45) is 5.60. The molecule has 3 heterocycles. The monoisotopic (exact) mass is 322 g/mol. The lowest BCUT2D eigenvalue weighted by Gasteiger charge is -2.31. The van der Waals surface area contributed by atoms with E-state index in [2.05, 4.69) is 37.7 Å². The number of hydrogen-bond acceptors (Lipinski definition) is 5. The molecule has 21 heavy (non-hydrogen) atoms. The van der Waals surface area contributed by atoms with Crippen molar-refractivity contribution in [3.05, 3.63) is 39.9 Å². The lowest BCUT2D eigenvalue weighted by molar-refractivity contribution is 0.184. The molecular formula is C15H19ClN4S. The normalized spacial score (nSPS) is 17.0. The summed E-state index contributed by atoms with van der Waals surface area (Å²) in [7, 11) is 0. The first-order valence-corrected chi connectivity index (χ1v) is 8.51. The number of thiophene rings is 1. The summed E-state index contributed by atoms with van der Waals surface area (Å²) in [5.41, 5.74) is 0. The van der Waals surface area contributed by atoms with Crippen LogP contribution in [0.2, 0.25) is 5.02 Å². The molecule has 0 amide bonds. The number of anilines is 1. The lowest BCUT2D eigenvalue weighted by atomic mass is 9.97. The van der Waals surface area contributed by atoms with E-state index in [1.165, 1.54) is 37.1 Å². The third kappa shape index (κ3) is 4.15. The summed E-state index contributed by atoms with van der Waals surface area (Å²) in [6, 6.07) is 4.34. The zero-order chi connectivity index (χ0) is 14.5. The summed E-state index contributed by atoms with van der Waals surface area (Å²) < 4.78 is 0. The number of likely N-dealkylation sites (tertiary alicyclic amines) is 1. The molecule has 0 atom stereocenters. The van der Waals surface area contributed by atoms with Crippen LogP contribution in [0.3, 0.4) is 0 Å². The maximum Gasteiger partial charge on any atom is 0.148 e. The molecule has 6 heteroatoms. The van der Waals surface area contributed by atoms with Crippen molar-refractivity contribution in [3.63, 3.8) is 0 Å². The van der Waals surface area contributed by atoms with E-state index in [-0.39, 0.29) is 0 Å². The van der Waals surface area contributed by atoms with Gasteiger partial charge in [0.1, 0.15) is 17.2 Å². The fourth-order valence-electron chi connectivity index (χ4n) is 2.66. The molecule has 0 aliphatic carbocycles. The number of halogens is 1. The predicted molar refractivity (Wildman–Crippen MR) is 87.9 cm³/mol. The Hall–Kier alpha value is -1.17. The molecule has 1 saturated heterocycles. The van der Waals surface area contributed by atoms with Gasteiger partial charge >= 0.3 is 0 Å². The number of aromatic nitrogens is 2. The highest BCUT2D eigenvalue weighted by Crippen LogP contribution is 2.22. The van der Waals surface area contributed by atoms with Crippen LogP contribution in [0.1, 0.15) is 17.7 Å². The van der Waals surface area contributed by atoms with E-state index >= 15 is 0 Å². The van der Waals surface area contributed by atoms with Crippen LogP contribution in [0, 0.1) is 5.92 Å². The van der Waals surface area contributed by atoms with Crippen molar-refractivity contribution in [3.8, 4) is 0 Å². The molecule has 1 aliphatic rings. The summed E-state index contributed by atoms with van der Waals surface area (Å²) in [6.45, 7) is 4.36. The van der Waals surface area contributed by atoms with Crippen LogP contribution in [0.25, 0.3) is 0 Å². The van der Waals surface area contributed by atoms with Gasteiger partial charge in [0.25, 0.3) is 0 Å². The molecule has 2 aromatic rings. The minimum absolute atomic E-state index is 0.590. The fraction of sp³-hybridized carbons (Fsp3) is 0.467. The van der Waals surface area contributed by atoms with Crippen molar-refractivity contribution in [2.24, 2.45) is 5.92 Å². The minimum atomic E-state index is 0.590. The van der Waals surface area contributed by atoms with Gasteiger partial charge in [0.05, 0.1) is 6.20 Å². The Morgan fingerprint density at radius 2 is 2.24 bits per heavy atom. The molecule has 1 fully saturated rings. The molecule has 0 saturated carbocycles. The highest BCUT2D eigenvalue weighted by molar-refractivity contribution is 7.09. The number of piperidine rings is 1. The van der Waals surface area contributed by atoms with Crippen LogP contribution >= 0.6 is 22.9 Å². The van der Waals surface area contributed by atoms with Gasteiger partial charge in [-0.2, -0.15) is 0 Å². The minimum Gasteiger partial charge on any atom is -0.368 e. The van der Waals surface area contributed by atoms with E-state index in [0.29, 0.717) is 10.9 Å². The van der Waals surface area contributed by atoms with Gasteiger partial charge in [-0.25, -0.2) is 9.97 Å². The SMILES string of the molecule is Clc1cncnc1NCC1CCN(Cc2cccs2)CC1. The van der Waals surface area contributed by atoms with Gasteiger partial charge in [-0.1, -0.05) is 17.7 Å². The van der Waals surface area contributed by atoms with Crippen LogP contribution in [0.5, 0.6) is 0 Å². The van der Waals surface area contributed by atoms with Gasteiger partial charge in [0, 0.05) is 18.0 Å². The average Bonchev–Trinajstić information content (AvgIpc) is 3.01. The van der Waals surface area contributed by atoms with Gasteiger partial charge in [-0.15, -0.1) is 11.3 Å². The second-order valence-corrected chi connectivity index (χ2v) is 6.84. The first kappa shape index (κ1) is 14.8. The Balaban J connectivity index is 1.43. The summed E-state index contributed by atoms with van der Waals surface area (Å²) in [5.74, 6) is 1.43. The van der Waals surface area contributed by atoms with Crippen molar-refractivity contribution in [1.29, 1.82) is 0 Å². The zero-order valence-electron chi connectivity index (χ0n) is 11.8. The molecule has 2 aromatic heterocycles. The molecule has 0 bridgehead atoms. The topological polar surface area (TPSA) is 41.1 Å². The highest BCUT2D eigenvalue weighted by atomic mass is 35.5. The maximum atomic E-state index is 6.05. The van der Waals surface area contributed by atoms with Crippen LogP contribution in [0.4, 0.5) is 5.82 Å². The van der Waals surface area contributed by atoms with Crippen molar-refractivity contribution < 1.29 is 0 Å². The molecule has 112 valence electrons. The molecule has 0 radical (unpaired) electrons. The zero-order valence-corrected chi connectivity index (χ0v) is 13.4. The van der Waals surface area contributed by atoms with E-state index in [1.54, 1.807) is 6.20 Å². The molecule has 0 unspecified atom stereocenters. The number of hydrogen-bond donors (Lipinski definition) is 1. The van der Waals surface area contributed by atoms with Crippen molar-refractivity contribution >= 4 is 28.8 Å². The average molecular weight is 323 g/mol. The quantitative estimate of drug-likeness (QED) is 0.914. The van der Waals surface area contributed by atoms with Crippen molar-refractivity contribution in [2.75, 3.05) is 25.0 Å². The van der Waals surface area contributed by atoms with Crippen LogP contribution in [0.15, 0.2) is 30.0 Å². The molecule has 3 rings (SSSR count).